The van der Waals surface area contributed by atoms with Gasteiger partial charge in [-0.05, 0) is 23.9 Å². The van der Waals surface area contributed by atoms with E-state index in [0.717, 1.165) is 12.8 Å². The summed E-state index contributed by atoms with van der Waals surface area (Å²) in [6, 6.07) is 22.7. The Morgan fingerprint density at radius 2 is 1.59 bits per heavy atom. The van der Waals surface area contributed by atoms with E-state index in [1.165, 1.54) is 10.4 Å². The summed E-state index contributed by atoms with van der Waals surface area (Å²) in [6.45, 7) is 6.77. The first-order valence-corrected chi connectivity index (χ1v) is 14.1. The summed E-state index contributed by atoms with van der Waals surface area (Å²) < 4.78 is 1.65. The number of aromatic nitrogens is 2. The maximum absolute atomic E-state index is 12.4. The number of nitrogens with two attached hydrogens (primary N) is 1. The van der Waals surface area contributed by atoms with Crippen molar-refractivity contribution in [1.29, 1.82) is 0 Å². The molecule has 2 aromatic carbocycles. The standard InChI is InChI=1S/C25H31N3O2SSi/c1-25(2,3)32(18-10-6-4-7-11-18,19-12-8-5-9-13-19)23(29)20-14-15-22(31-20)28-17-16-21(26)27-24(28)30/h4-13,16-17,20,22-23,29H,14-15H2,1-3H3,(H2,26,27,30)/t20-,22+,23?/m1/s1. The number of hydrogen-bond acceptors (Lipinski definition) is 5. The number of aliphatic hydroxyl groups excluding tert-OH is 1. The molecule has 32 heavy (non-hydrogen) atoms. The largest absolute Gasteiger partial charge is 0.395 e. The van der Waals surface area contributed by atoms with E-state index in [1.807, 2.05) is 12.1 Å². The molecule has 168 valence electrons. The molecule has 1 aliphatic heterocycles. The Morgan fingerprint density at radius 1 is 1.03 bits per heavy atom. The number of nitrogen functional groups attached to an aromatic ring is 1. The molecule has 3 aromatic rings. The van der Waals surface area contributed by atoms with E-state index in [0.29, 0.717) is 0 Å². The number of nitrogens with zero attached hydrogens (tertiary/aromatic N) is 2. The Balaban J connectivity index is 1.78. The number of benzene rings is 2. The molecule has 5 nitrogen and oxygen atoms in total. The molecule has 1 saturated heterocycles. The third kappa shape index (κ3) is 3.93. The molecular formula is C25H31N3O2SSi. The third-order valence-electron chi connectivity index (χ3n) is 6.63. The first-order chi connectivity index (χ1) is 15.2. The summed E-state index contributed by atoms with van der Waals surface area (Å²) in [5, 5.41) is 14.5. The van der Waals surface area contributed by atoms with Gasteiger partial charge < -0.3 is 10.8 Å². The highest BCUT2D eigenvalue weighted by Gasteiger charge is 2.56. The van der Waals surface area contributed by atoms with Gasteiger partial charge in [-0.3, -0.25) is 4.57 Å². The highest BCUT2D eigenvalue weighted by Crippen LogP contribution is 2.47. The molecule has 1 fully saturated rings. The van der Waals surface area contributed by atoms with E-state index in [2.05, 4.69) is 74.3 Å². The summed E-state index contributed by atoms with van der Waals surface area (Å²) in [6.07, 6.45) is 3.38. The quantitative estimate of drug-likeness (QED) is 0.566. The maximum atomic E-state index is 12.4. The van der Waals surface area contributed by atoms with E-state index >= 15 is 0 Å². The molecule has 1 unspecified atom stereocenters. The molecular weight excluding hydrogens is 434 g/mol. The van der Waals surface area contributed by atoms with Crippen LogP contribution in [0.5, 0.6) is 0 Å². The molecule has 0 bridgehead atoms. The Labute approximate surface area is 194 Å². The Hall–Kier alpha value is -2.35. The molecule has 0 amide bonds. The van der Waals surface area contributed by atoms with Gasteiger partial charge in [0.1, 0.15) is 5.82 Å². The van der Waals surface area contributed by atoms with Crippen LogP contribution in [-0.4, -0.2) is 33.7 Å². The summed E-state index contributed by atoms with van der Waals surface area (Å²) >= 11 is 1.69. The topological polar surface area (TPSA) is 81.1 Å². The smallest absolute Gasteiger partial charge is 0.350 e. The van der Waals surface area contributed by atoms with Crippen molar-refractivity contribution in [3.8, 4) is 0 Å². The third-order valence-corrected chi connectivity index (χ3v) is 14.6. The highest BCUT2D eigenvalue weighted by atomic mass is 32.2. The fourth-order valence-electron chi connectivity index (χ4n) is 5.23. The number of aliphatic hydroxyl groups is 1. The van der Waals surface area contributed by atoms with E-state index < -0.39 is 13.8 Å². The van der Waals surface area contributed by atoms with Crippen molar-refractivity contribution in [3.63, 3.8) is 0 Å². The molecule has 0 saturated carbocycles. The SMILES string of the molecule is CC(C)(C)[Si](c1ccccc1)(c1ccccc1)C(O)[C@H]1CC[C@@H](n2ccc(N)nc2=O)S1. The van der Waals surface area contributed by atoms with Gasteiger partial charge in [-0.2, -0.15) is 4.98 Å². The monoisotopic (exact) mass is 465 g/mol. The minimum Gasteiger partial charge on any atom is -0.395 e. The van der Waals surface area contributed by atoms with Crippen LogP contribution in [0, 0.1) is 0 Å². The van der Waals surface area contributed by atoms with Crippen molar-refractivity contribution in [2.75, 3.05) is 5.73 Å². The normalized spacial score (nSPS) is 20.2. The molecule has 3 atom stereocenters. The van der Waals surface area contributed by atoms with Crippen LogP contribution in [0.3, 0.4) is 0 Å². The first kappa shape index (κ1) is 22.8. The second kappa shape index (κ2) is 8.88. The van der Waals surface area contributed by atoms with E-state index in [-0.39, 0.29) is 27.2 Å². The lowest BCUT2D eigenvalue weighted by Crippen LogP contribution is -2.73. The van der Waals surface area contributed by atoms with Crippen molar-refractivity contribution in [2.45, 2.75) is 55.0 Å². The van der Waals surface area contributed by atoms with Gasteiger partial charge in [0.15, 0.2) is 8.07 Å². The lowest BCUT2D eigenvalue weighted by atomic mass is 10.2. The second-order valence-electron chi connectivity index (χ2n) is 9.48. The average molecular weight is 466 g/mol. The number of hydrogen-bond donors (Lipinski definition) is 2. The Kier molecular flexibility index (Phi) is 6.34. The minimum atomic E-state index is -2.66. The van der Waals surface area contributed by atoms with Gasteiger partial charge in [0, 0.05) is 11.4 Å². The van der Waals surface area contributed by atoms with Crippen molar-refractivity contribution in [2.24, 2.45) is 0 Å². The summed E-state index contributed by atoms with van der Waals surface area (Å²) in [7, 11) is -2.66. The number of rotatable bonds is 5. The zero-order chi connectivity index (χ0) is 22.9. The van der Waals surface area contributed by atoms with Crippen LogP contribution in [0.4, 0.5) is 5.82 Å². The minimum absolute atomic E-state index is 0.0238. The maximum Gasteiger partial charge on any atom is 0.350 e. The lowest BCUT2D eigenvalue weighted by molar-refractivity contribution is 0.235. The fourth-order valence-corrected chi connectivity index (χ4v) is 13.3. The number of thioether (sulfide) groups is 1. The Morgan fingerprint density at radius 3 is 2.09 bits per heavy atom. The van der Waals surface area contributed by atoms with E-state index in [4.69, 9.17) is 5.73 Å². The van der Waals surface area contributed by atoms with Crippen LogP contribution in [0.15, 0.2) is 77.7 Å². The molecule has 3 N–H and O–H groups in total. The average Bonchev–Trinajstić information content (AvgIpc) is 3.24. The summed E-state index contributed by atoms with van der Waals surface area (Å²) in [5.74, 6) is 0.234. The molecule has 0 aliphatic carbocycles. The lowest BCUT2D eigenvalue weighted by Gasteiger charge is -2.48. The van der Waals surface area contributed by atoms with Gasteiger partial charge in [0.2, 0.25) is 0 Å². The summed E-state index contributed by atoms with van der Waals surface area (Å²) in [4.78, 5) is 16.3. The molecule has 1 aromatic heterocycles. The van der Waals surface area contributed by atoms with Gasteiger partial charge in [-0.15, -0.1) is 11.8 Å². The van der Waals surface area contributed by atoms with Crippen LogP contribution in [0.1, 0.15) is 39.0 Å². The van der Waals surface area contributed by atoms with Gasteiger partial charge in [0.25, 0.3) is 0 Å². The van der Waals surface area contributed by atoms with Gasteiger partial charge in [-0.25, -0.2) is 4.79 Å². The van der Waals surface area contributed by atoms with E-state index in [9.17, 15) is 9.90 Å². The fraction of sp³-hybridized carbons (Fsp3) is 0.360. The molecule has 2 heterocycles. The van der Waals surface area contributed by atoms with Crippen molar-refractivity contribution >= 4 is 36.0 Å². The van der Waals surface area contributed by atoms with E-state index in [1.54, 1.807) is 28.6 Å². The van der Waals surface area contributed by atoms with Gasteiger partial charge in [0.05, 0.1) is 11.1 Å². The zero-order valence-corrected chi connectivity index (χ0v) is 20.6. The number of anilines is 1. The molecule has 1 aliphatic rings. The van der Waals surface area contributed by atoms with Crippen LogP contribution in [-0.2, 0) is 0 Å². The van der Waals surface area contributed by atoms with Crippen LogP contribution < -0.4 is 21.8 Å². The highest BCUT2D eigenvalue weighted by molar-refractivity contribution is 8.00. The molecule has 0 spiro atoms. The molecule has 4 rings (SSSR count). The second-order valence-corrected chi connectivity index (χ2v) is 15.8. The van der Waals surface area contributed by atoms with Crippen LogP contribution >= 0.6 is 11.8 Å². The Bertz CT molecular complexity index is 1080. The van der Waals surface area contributed by atoms with Crippen molar-refractivity contribution in [1.82, 2.24) is 9.55 Å². The summed E-state index contributed by atoms with van der Waals surface area (Å²) in [5.41, 5.74) is 4.83. The van der Waals surface area contributed by atoms with Gasteiger partial charge in [-0.1, -0.05) is 91.8 Å². The van der Waals surface area contributed by atoms with Crippen molar-refractivity contribution in [3.05, 3.63) is 83.4 Å². The molecule has 0 radical (unpaired) electrons. The predicted octanol–water partition coefficient (Wildman–Crippen LogP) is 3.18. The van der Waals surface area contributed by atoms with Gasteiger partial charge >= 0.3 is 5.69 Å². The first-order valence-electron chi connectivity index (χ1n) is 11.0. The van der Waals surface area contributed by atoms with Crippen LogP contribution in [0.25, 0.3) is 0 Å². The predicted molar refractivity (Wildman–Crippen MR) is 136 cm³/mol. The van der Waals surface area contributed by atoms with Crippen LogP contribution in [0.2, 0.25) is 5.04 Å². The molecule has 7 heteroatoms. The van der Waals surface area contributed by atoms with Crippen molar-refractivity contribution < 1.29 is 5.11 Å². The zero-order valence-electron chi connectivity index (χ0n) is 18.8.